The maximum atomic E-state index is 4.43. The van der Waals surface area contributed by atoms with Crippen LogP contribution in [0.3, 0.4) is 0 Å². The largest absolute Gasteiger partial charge is 0.338 e. The smallest absolute Gasteiger partial charge is 0.108 e. The number of aryl methyl sites for hydroxylation is 2. The Hall–Kier alpha value is -0.830. The molecule has 1 aromatic rings. The monoisotopic (exact) mass is 249 g/mol. The minimum absolute atomic E-state index is 0.484. The molecule has 1 N–H and O–H groups in total. The third-order valence-corrected chi connectivity index (χ3v) is 4.76. The molecule has 1 aromatic heterocycles. The highest BCUT2D eigenvalue weighted by Crippen LogP contribution is 2.40. The summed E-state index contributed by atoms with van der Waals surface area (Å²) < 4.78 is 2.13. The van der Waals surface area contributed by atoms with Crippen LogP contribution in [-0.4, -0.2) is 22.6 Å². The van der Waals surface area contributed by atoms with Crippen LogP contribution in [0, 0.1) is 5.41 Å². The average Bonchev–Trinajstić information content (AvgIpc) is 2.76. The van der Waals surface area contributed by atoms with Crippen LogP contribution < -0.4 is 5.32 Å². The quantitative estimate of drug-likeness (QED) is 0.869. The molecule has 3 nitrogen and oxygen atoms in total. The Kier molecular flexibility index (Phi) is 4.44. The number of nitrogens with one attached hydrogen (secondary N) is 1. The zero-order valence-corrected chi connectivity index (χ0v) is 12.1. The van der Waals surface area contributed by atoms with Crippen LogP contribution in [0.5, 0.6) is 0 Å². The normalized spacial score (nSPS) is 20.8. The van der Waals surface area contributed by atoms with E-state index in [0.717, 1.165) is 6.42 Å². The van der Waals surface area contributed by atoms with Gasteiger partial charge in [0.05, 0.1) is 0 Å². The molecule has 1 aliphatic carbocycles. The third-order valence-electron chi connectivity index (χ3n) is 4.76. The first-order valence-electron chi connectivity index (χ1n) is 7.29. The molecule has 1 unspecified atom stereocenters. The number of aromatic nitrogens is 2. The second-order valence-electron chi connectivity index (χ2n) is 6.05. The molecule has 1 aliphatic rings. The number of rotatable bonds is 5. The van der Waals surface area contributed by atoms with E-state index in [1.807, 2.05) is 12.4 Å². The molecule has 1 atom stereocenters. The molecule has 2 rings (SSSR count). The number of nitrogens with zero attached hydrogens (tertiary/aromatic N) is 2. The van der Waals surface area contributed by atoms with Crippen molar-refractivity contribution in [3.05, 3.63) is 18.2 Å². The van der Waals surface area contributed by atoms with E-state index in [4.69, 9.17) is 0 Å². The number of imidazole rings is 1. The third kappa shape index (κ3) is 2.94. The van der Waals surface area contributed by atoms with Gasteiger partial charge < -0.3 is 9.88 Å². The lowest BCUT2D eigenvalue weighted by Gasteiger charge is -2.41. The van der Waals surface area contributed by atoms with Crippen molar-refractivity contribution in [3.63, 3.8) is 0 Å². The highest BCUT2D eigenvalue weighted by molar-refractivity contribution is 4.95. The molecule has 0 bridgehead atoms. The molecule has 1 saturated carbocycles. The molecule has 1 fully saturated rings. The summed E-state index contributed by atoms with van der Waals surface area (Å²) in [5.74, 6) is 1.20. The van der Waals surface area contributed by atoms with Crippen molar-refractivity contribution >= 4 is 0 Å². The topological polar surface area (TPSA) is 29.9 Å². The first kappa shape index (κ1) is 13.6. The van der Waals surface area contributed by atoms with Crippen LogP contribution in [0.4, 0.5) is 0 Å². The maximum Gasteiger partial charge on any atom is 0.108 e. The van der Waals surface area contributed by atoms with E-state index in [1.165, 1.54) is 44.3 Å². The Balaban J connectivity index is 1.94. The second kappa shape index (κ2) is 5.87. The molecular weight excluding hydrogens is 222 g/mol. The summed E-state index contributed by atoms with van der Waals surface area (Å²) in [7, 11) is 4.20. The SMILES string of the molecule is CNC(CCc1nccn1C)C1(C)CCCCC1. The summed E-state index contributed by atoms with van der Waals surface area (Å²) in [5, 5.41) is 3.56. The highest BCUT2D eigenvalue weighted by atomic mass is 15.0. The van der Waals surface area contributed by atoms with E-state index in [1.54, 1.807) is 0 Å². The van der Waals surface area contributed by atoms with Gasteiger partial charge in [-0.1, -0.05) is 26.2 Å². The molecule has 18 heavy (non-hydrogen) atoms. The molecule has 0 radical (unpaired) electrons. The zero-order valence-electron chi connectivity index (χ0n) is 12.1. The lowest BCUT2D eigenvalue weighted by molar-refractivity contribution is 0.143. The predicted octanol–water partition coefficient (Wildman–Crippen LogP) is 2.91. The second-order valence-corrected chi connectivity index (χ2v) is 6.05. The molecule has 0 spiro atoms. The summed E-state index contributed by atoms with van der Waals surface area (Å²) in [6, 6.07) is 0.620. The van der Waals surface area contributed by atoms with E-state index < -0.39 is 0 Å². The van der Waals surface area contributed by atoms with Crippen LogP contribution in [0.15, 0.2) is 12.4 Å². The fourth-order valence-corrected chi connectivity index (χ4v) is 3.46. The van der Waals surface area contributed by atoms with Crippen LogP contribution in [0.1, 0.15) is 51.3 Å². The lowest BCUT2D eigenvalue weighted by atomic mass is 9.69. The van der Waals surface area contributed by atoms with E-state index in [0.29, 0.717) is 11.5 Å². The highest BCUT2D eigenvalue weighted by Gasteiger charge is 2.34. The van der Waals surface area contributed by atoms with Crippen LogP contribution in [0.25, 0.3) is 0 Å². The summed E-state index contributed by atoms with van der Waals surface area (Å²) in [5.41, 5.74) is 0.484. The van der Waals surface area contributed by atoms with E-state index >= 15 is 0 Å². The lowest BCUT2D eigenvalue weighted by Crippen LogP contribution is -2.43. The van der Waals surface area contributed by atoms with E-state index in [2.05, 4.69) is 35.9 Å². The van der Waals surface area contributed by atoms with Gasteiger partial charge in [0.2, 0.25) is 0 Å². The number of hydrogen-bond donors (Lipinski definition) is 1. The fraction of sp³-hybridized carbons (Fsp3) is 0.800. The minimum Gasteiger partial charge on any atom is -0.338 e. The zero-order chi connectivity index (χ0) is 13.0. The van der Waals surface area contributed by atoms with Gasteiger partial charge in [0.15, 0.2) is 0 Å². The van der Waals surface area contributed by atoms with Gasteiger partial charge in [0.25, 0.3) is 0 Å². The standard InChI is InChI=1S/C15H27N3/c1-15(9-5-4-6-10-15)13(16-2)7-8-14-17-11-12-18(14)3/h11-13,16H,4-10H2,1-3H3. The van der Waals surface area contributed by atoms with Crippen LogP contribution in [0.2, 0.25) is 0 Å². The van der Waals surface area contributed by atoms with Crippen molar-refractivity contribution in [2.24, 2.45) is 12.5 Å². The Morgan fingerprint density at radius 3 is 2.67 bits per heavy atom. The van der Waals surface area contributed by atoms with Crippen molar-refractivity contribution in [3.8, 4) is 0 Å². The van der Waals surface area contributed by atoms with Crippen LogP contribution in [-0.2, 0) is 13.5 Å². The predicted molar refractivity (Wildman–Crippen MR) is 75.6 cm³/mol. The van der Waals surface area contributed by atoms with Crippen molar-refractivity contribution in [1.82, 2.24) is 14.9 Å². The molecule has 0 aliphatic heterocycles. The van der Waals surface area contributed by atoms with E-state index in [-0.39, 0.29) is 0 Å². The molecule has 0 amide bonds. The van der Waals surface area contributed by atoms with Gasteiger partial charge in [0, 0.05) is 31.9 Å². The molecular formula is C15H27N3. The Labute approximate surface area is 111 Å². The van der Waals surface area contributed by atoms with Crippen molar-refractivity contribution in [2.75, 3.05) is 7.05 Å². The minimum atomic E-state index is 0.484. The average molecular weight is 249 g/mol. The Morgan fingerprint density at radius 1 is 1.39 bits per heavy atom. The van der Waals surface area contributed by atoms with Crippen LogP contribution >= 0.6 is 0 Å². The van der Waals surface area contributed by atoms with Gasteiger partial charge in [0.1, 0.15) is 5.82 Å². The summed E-state index contributed by atoms with van der Waals surface area (Å²) >= 11 is 0. The van der Waals surface area contributed by atoms with Gasteiger partial charge in [-0.05, 0) is 31.7 Å². The number of hydrogen-bond acceptors (Lipinski definition) is 2. The maximum absolute atomic E-state index is 4.43. The molecule has 0 saturated heterocycles. The van der Waals surface area contributed by atoms with E-state index in [9.17, 15) is 0 Å². The fourth-order valence-electron chi connectivity index (χ4n) is 3.46. The van der Waals surface area contributed by atoms with Gasteiger partial charge in [-0.3, -0.25) is 0 Å². The molecule has 3 heteroatoms. The van der Waals surface area contributed by atoms with Gasteiger partial charge in [-0.25, -0.2) is 4.98 Å². The van der Waals surface area contributed by atoms with Crippen molar-refractivity contribution in [2.45, 2.75) is 57.9 Å². The Morgan fingerprint density at radius 2 is 2.11 bits per heavy atom. The summed E-state index contributed by atoms with van der Waals surface area (Å²) in [4.78, 5) is 4.43. The molecule has 0 aromatic carbocycles. The first-order chi connectivity index (χ1) is 8.65. The van der Waals surface area contributed by atoms with Crippen molar-refractivity contribution in [1.29, 1.82) is 0 Å². The molecule has 102 valence electrons. The van der Waals surface area contributed by atoms with Gasteiger partial charge >= 0.3 is 0 Å². The van der Waals surface area contributed by atoms with Gasteiger partial charge in [-0.2, -0.15) is 0 Å². The summed E-state index contributed by atoms with van der Waals surface area (Å²) in [6.07, 6.45) is 13.2. The van der Waals surface area contributed by atoms with Crippen molar-refractivity contribution < 1.29 is 0 Å². The first-order valence-corrected chi connectivity index (χ1v) is 7.29. The van der Waals surface area contributed by atoms with Gasteiger partial charge in [-0.15, -0.1) is 0 Å². The summed E-state index contributed by atoms with van der Waals surface area (Å²) in [6.45, 7) is 2.46. The molecule has 1 heterocycles. The Bertz CT molecular complexity index is 364.